The first kappa shape index (κ1) is 20.4. The molecule has 7 nitrogen and oxygen atoms in total. The van der Waals surface area contributed by atoms with E-state index in [1.807, 2.05) is 0 Å². The molecule has 0 bridgehead atoms. The minimum atomic E-state index is -3.48. The summed E-state index contributed by atoms with van der Waals surface area (Å²) in [7, 11) is -3.48. The summed E-state index contributed by atoms with van der Waals surface area (Å²) in [5.41, 5.74) is 0.597. The van der Waals surface area contributed by atoms with Gasteiger partial charge < -0.3 is 10.4 Å². The molecule has 26 heavy (non-hydrogen) atoms. The maximum atomic E-state index is 12.6. The third-order valence-electron chi connectivity index (χ3n) is 4.56. The monoisotopic (exact) mass is 382 g/mol. The molecule has 1 aliphatic rings. The number of nitrogens with one attached hydrogen (secondary N) is 1. The van der Waals surface area contributed by atoms with E-state index < -0.39 is 33.9 Å². The number of hydrogen-bond acceptors (Lipinski definition) is 4. The molecule has 2 N–H and O–H groups in total. The SMILES string of the molecule is CCCS(=O)(=O)N1CCCCC1C(=O)NCC(C(=O)O)c1ccccc1. The first-order valence-corrected chi connectivity index (χ1v) is 10.5. The lowest BCUT2D eigenvalue weighted by Gasteiger charge is -2.33. The maximum Gasteiger partial charge on any atom is 0.312 e. The molecule has 2 unspecified atom stereocenters. The smallest absolute Gasteiger partial charge is 0.312 e. The third kappa shape index (κ3) is 5.04. The van der Waals surface area contributed by atoms with Gasteiger partial charge in [-0.25, -0.2) is 8.42 Å². The summed E-state index contributed by atoms with van der Waals surface area (Å²) >= 11 is 0. The highest BCUT2D eigenvalue weighted by atomic mass is 32.2. The second kappa shape index (κ2) is 9.14. The lowest BCUT2D eigenvalue weighted by Crippen LogP contribution is -2.53. The zero-order chi connectivity index (χ0) is 19.2. The van der Waals surface area contributed by atoms with Crippen molar-refractivity contribution in [3.63, 3.8) is 0 Å². The van der Waals surface area contributed by atoms with Crippen molar-refractivity contribution in [2.75, 3.05) is 18.8 Å². The Hall–Kier alpha value is -1.93. The van der Waals surface area contributed by atoms with Crippen LogP contribution in [0.15, 0.2) is 30.3 Å². The molecule has 2 atom stereocenters. The fourth-order valence-corrected chi connectivity index (χ4v) is 4.98. The molecule has 0 aromatic heterocycles. The standard InChI is InChI=1S/C18H26N2O5S/c1-2-12-26(24,25)20-11-7-6-10-16(20)17(21)19-13-15(18(22)23)14-8-4-3-5-9-14/h3-5,8-9,15-16H,2,6-7,10-13H2,1H3,(H,19,21)(H,22,23). The Bertz CT molecular complexity index is 720. The first-order valence-electron chi connectivity index (χ1n) is 8.91. The number of carbonyl (C=O) groups is 2. The lowest BCUT2D eigenvalue weighted by atomic mass is 9.98. The summed E-state index contributed by atoms with van der Waals surface area (Å²) in [6, 6.07) is 7.92. The van der Waals surface area contributed by atoms with Crippen LogP contribution in [0, 0.1) is 0 Å². The van der Waals surface area contributed by atoms with Crippen molar-refractivity contribution in [1.82, 2.24) is 9.62 Å². The molecule has 0 spiro atoms. The molecule has 1 aromatic carbocycles. The van der Waals surface area contributed by atoms with Crippen molar-refractivity contribution in [3.05, 3.63) is 35.9 Å². The molecule has 0 aliphatic carbocycles. The maximum absolute atomic E-state index is 12.6. The predicted molar refractivity (Wildman–Crippen MR) is 98.3 cm³/mol. The average Bonchev–Trinajstić information content (AvgIpc) is 2.62. The van der Waals surface area contributed by atoms with Gasteiger partial charge in [-0.1, -0.05) is 43.7 Å². The quantitative estimate of drug-likeness (QED) is 0.710. The Morgan fingerprint density at radius 3 is 2.58 bits per heavy atom. The van der Waals surface area contributed by atoms with Gasteiger partial charge in [0.05, 0.1) is 11.7 Å². The molecule has 1 aromatic rings. The van der Waals surface area contributed by atoms with Gasteiger partial charge in [-0.05, 0) is 24.8 Å². The van der Waals surface area contributed by atoms with Gasteiger partial charge in [-0.15, -0.1) is 0 Å². The van der Waals surface area contributed by atoms with Crippen LogP contribution in [-0.2, 0) is 19.6 Å². The molecular formula is C18H26N2O5S. The predicted octanol–water partition coefficient (Wildman–Crippen LogP) is 1.57. The first-order chi connectivity index (χ1) is 12.4. The highest BCUT2D eigenvalue weighted by Gasteiger charge is 2.36. The van der Waals surface area contributed by atoms with Crippen molar-refractivity contribution in [1.29, 1.82) is 0 Å². The van der Waals surface area contributed by atoms with Gasteiger partial charge in [0, 0.05) is 13.1 Å². The Balaban J connectivity index is 2.08. The molecule has 0 saturated carbocycles. The van der Waals surface area contributed by atoms with Gasteiger partial charge >= 0.3 is 5.97 Å². The molecule has 1 amide bonds. The third-order valence-corrected chi connectivity index (χ3v) is 6.63. The molecule has 2 rings (SSSR count). The number of amides is 1. The van der Waals surface area contributed by atoms with Crippen molar-refractivity contribution in [2.45, 2.75) is 44.6 Å². The van der Waals surface area contributed by atoms with E-state index in [2.05, 4.69) is 5.32 Å². The molecule has 8 heteroatoms. The van der Waals surface area contributed by atoms with E-state index in [9.17, 15) is 23.1 Å². The zero-order valence-electron chi connectivity index (χ0n) is 14.9. The van der Waals surface area contributed by atoms with Gasteiger partial charge in [-0.3, -0.25) is 9.59 Å². The van der Waals surface area contributed by atoms with Crippen LogP contribution < -0.4 is 5.32 Å². The topological polar surface area (TPSA) is 104 Å². The van der Waals surface area contributed by atoms with E-state index in [1.54, 1.807) is 37.3 Å². The summed E-state index contributed by atoms with van der Waals surface area (Å²) < 4.78 is 26.1. The molecule has 0 radical (unpaired) electrons. The number of sulfonamides is 1. The molecule has 1 fully saturated rings. The van der Waals surface area contributed by atoms with Crippen LogP contribution in [-0.4, -0.2) is 54.6 Å². The number of piperidine rings is 1. The van der Waals surface area contributed by atoms with E-state index in [0.29, 0.717) is 24.9 Å². The Morgan fingerprint density at radius 1 is 1.27 bits per heavy atom. The van der Waals surface area contributed by atoms with Gasteiger partial charge in [0.15, 0.2) is 0 Å². The Morgan fingerprint density at radius 2 is 1.96 bits per heavy atom. The number of aliphatic carboxylic acids is 1. The zero-order valence-corrected chi connectivity index (χ0v) is 15.7. The molecule has 1 saturated heterocycles. The van der Waals surface area contributed by atoms with Crippen molar-refractivity contribution >= 4 is 21.9 Å². The van der Waals surface area contributed by atoms with Gasteiger partial charge in [0.1, 0.15) is 6.04 Å². The van der Waals surface area contributed by atoms with Crippen LogP contribution in [0.4, 0.5) is 0 Å². The van der Waals surface area contributed by atoms with Gasteiger partial charge in [-0.2, -0.15) is 4.31 Å². The van der Waals surface area contributed by atoms with E-state index in [0.717, 1.165) is 12.8 Å². The number of carboxylic acid groups (broad SMARTS) is 1. The van der Waals surface area contributed by atoms with Gasteiger partial charge in [0.25, 0.3) is 0 Å². The van der Waals surface area contributed by atoms with E-state index >= 15 is 0 Å². The normalized spacial score (nSPS) is 19.7. The summed E-state index contributed by atoms with van der Waals surface area (Å²) in [4.78, 5) is 24.1. The summed E-state index contributed by atoms with van der Waals surface area (Å²) in [6.07, 6.45) is 2.45. The number of hydrogen-bond donors (Lipinski definition) is 2. The summed E-state index contributed by atoms with van der Waals surface area (Å²) in [5.74, 6) is -2.31. The second-order valence-corrected chi connectivity index (χ2v) is 8.53. The van der Waals surface area contributed by atoms with E-state index in [1.165, 1.54) is 4.31 Å². The second-order valence-electron chi connectivity index (χ2n) is 6.48. The molecule has 1 heterocycles. The number of nitrogens with zero attached hydrogens (tertiary/aromatic N) is 1. The van der Waals surface area contributed by atoms with Crippen LogP contribution >= 0.6 is 0 Å². The van der Waals surface area contributed by atoms with Crippen molar-refractivity contribution < 1.29 is 23.1 Å². The summed E-state index contributed by atoms with van der Waals surface area (Å²) in [5, 5.41) is 12.1. The average molecular weight is 382 g/mol. The lowest BCUT2D eigenvalue weighted by molar-refractivity contribution is -0.138. The molecular weight excluding hydrogens is 356 g/mol. The minimum absolute atomic E-state index is 0.0124. The van der Waals surface area contributed by atoms with Crippen molar-refractivity contribution in [3.8, 4) is 0 Å². The fourth-order valence-electron chi connectivity index (χ4n) is 3.23. The largest absolute Gasteiger partial charge is 0.481 e. The van der Waals surface area contributed by atoms with Crippen LogP contribution in [0.3, 0.4) is 0 Å². The number of rotatable bonds is 8. The number of carboxylic acids is 1. The highest BCUT2D eigenvalue weighted by Crippen LogP contribution is 2.22. The summed E-state index contributed by atoms with van der Waals surface area (Å²) in [6.45, 7) is 2.05. The van der Waals surface area contributed by atoms with E-state index in [-0.39, 0.29) is 12.3 Å². The number of benzene rings is 1. The van der Waals surface area contributed by atoms with Crippen LogP contribution in [0.2, 0.25) is 0 Å². The van der Waals surface area contributed by atoms with E-state index in [4.69, 9.17) is 0 Å². The van der Waals surface area contributed by atoms with Crippen LogP contribution in [0.5, 0.6) is 0 Å². The number of carbonyl (C=O) groups excluding carboxylic acids is 1. The van der Waals surface area contributed by atoms with Gasteiger partial charge in [0.2, 0.25) is 15.9 Å². The highest BCUT2D eigenvalue weighted by molar-refractivity contribution is 7.89. The fraction of sp³-hybridized carbons (Fsp3) is 0.556. The van der Waals surface area contributed by atoms with Crippen molar-refractivity contribution in [2.24, 2.45) is 0 Å². The van der Waals surface area contributed by atoms with Crippen LogP contribution in [0.1, 0.15) is 44.1 Å². The molecule has 1 aliphatic heterocycles. The minimum Gasteiger partial charge on any atom is -0.481 e. The Kier molecular flexibility index (Phi) is 7.16. The van der Waals surface area contributed by atoms with Crippen LogP contribution in [0.25, 0.3) is 0 Å². The Labute approximate surface area is 154 Å². The molecule has 144 valence electrons.